The van der Waals surface area contributed by atoms with Crippen LogP contribution in [0.25, 0.3) is 0 Å². The van der Waals surface area contributed by atoms with Gasteiger partial charge in [0.15, 0.2) is 0 Å². The number of nitrogens with one attached hydrogen (secondary N) is 1. The highest BCUT2D eigenvalue weighted by Crippen LogP contribution is 2.36. The predicted molar refractivity (Wildman–Crippen MR) is 152 cm³/mol. The number of halogens is 2. The Morgan fingerprint density at radius 2 is 1.63 bits per heavy atom. The number of amides is 1. The molecule has 0 radical (unpaired) electrons. The van der Waals surface area contributed by atoms with Gasteiger partial charge in [0, 0.05) is 28.7 Å². The summed E-state index contributed by atoms with van der Waals surface area (Å²) in [6.07, 6.45) is 1.18. The number of aromatic nitrogens is 2. The molecule has 0 bridgehead atoms. The summed E-state index contributed by atoms with van der Waals surface area (Å²) in [4.78, 5) is 14.9. The molecular weight excluding hydrogens is 565 g/mol. The average molecular weight is 589 g/mol. The Morgan fingerprint density at radius 3 is 2.16 bits per heavy atom. The molecule has 196 valence electrons. The second kappa shape index (κ2) is 11.0. The van der Waals surface area contributed by atoms with Gasteiger partial charge in [-0.25, -0.2) is 8.42 Å². The summed E-state index contributed by atoms with van der Waals surface area (Å²) in [5, 5.41) is 11.9. The smallest absolute Gasteiger partial charge is 0.257 e. The van der Waals surface area contributed by atoms with Crippen LogP contribution in [0.2, 0.25) is 10.0 Å². The highest BCUT2D eigenvalue weighted by Gasteiger charge is 2.40. The quantitative estimate of drug-likeness (QED) is 0.299. The Morgan fingerprint density at radius 1 is 1.03 bits per heavy atom. The van der Waals surface area contributed by atoms with Crippen LogP contribution in [0.1, 0.15) is 27.5 Å². The molecule has 1 saturated heterocycles. The topological polar surface area (TPSA) is 95.5 Å². The minimum atomic E-state index is -3.64. The van der Waals surface area contributed by atoms with E-state index in [0.29, 0.717) is 39.5 Å². The lowest BCUT2D eigenvalue weighted by Gasteiger charge is -2.48. The summed E-state index contributed by atoms with van der Waals surface area (Å²) in [7, 11) is -3.64. The van der Waals surface area contributed by atoms with Gasteiger partial charge in [0.2, 0.25) is 15.2 Å². The van der Waals surface area contributed by atoms with Crippen LogP contribution in [-0.4, -0.2) is 54.8 Å². The molecule has 1 amide bonds. The molecule has 0 spiro atoms. The van der Waals surface area contributed by atoms with Gasteiger partial charge in [-0.1, -0.05) is 64.9 Å². The van der Waals surface area contributed by atoms with Crippen molar-refractivity contribution in [1.29, 1.82) is 0 Å². The normalized spacial score (nSPS) is 14.3. The van der Waals surface area contributed by atoms with E-state index in [0.717, 1.165) is 11.1 Å². The lowest BCUT2D eigenvalue weighted by Crippen LogP contribution is -2.61. The van der Waals surface area contributed by atoms with E-state index in [9.17, 15) is 13.2 Å². The van der Waals surface area contributed by atoms with Crippen molar-refractivity contribution in [3.05, 3.63) is 105 Å². The number of carbonyl (C=O) groups excluding carboxylic acids is 1. The zero-order valence-corrected chi connectivity index (χ0v) is 23.3. The van der Waals surface area contributed by atoms with Crippen molar-refractivity contribution in [2.24, 2.45) is 0 Å². The highest BCUT2D eigenvalue weighted by atomic mass is 35.5. The van der Waals surface area contributed by atoms with Crippen LogP contribution in [0.5, 0.6) is 0 Å². The van der Waals surface area contributed by atoms with E-state index < -0.39 is 15.9 Å². The molecule has 12 heteroatoms. The summed E-state index contributed by atoms with van der Waals surface area (Å²) in [5.74, 6) is -0.391. The van der Waals surface area contributed by atoms with Crippen LogP contribution < -0.4 is 9.62 Å². The Bertz CT molecular complexity index is 1480. The molecule has 2 heterocycles. The minimum Gasteiger partial charge on any atom is -0.296 e. The highest BCUT2D eigenvalue weighted by molar-refractivity contribution is 7.92. The number of sulfonamides is 1. The van der Waals surface area contributed by atoms with Crippen molar-refractivity contribution in [3.63, 3.8) is 0 Å². The summed E-state index contributed by atoms with van der Waals surface area (Å²) >= 11 is 13.5. The molecule has 0 atom stereocenters. The van der Waals surface area contributed by atoms with Gasteiger partial charge >= 0.3 is 0 Å². The lowest BCUT2D eigenvalue weighted by molar-refractivity contribution is 0.102. The Labute approximate surface area is 234 Å². The number of rotatable bonds is 8. The molecule has 5 rings (SSSR count). The fraction of sp³-hybridized carbons (Fsp3) is 0.192. The molecule has 8 nitrogen and oxygen atoms in total. The van der Waals surface area contributed by atoms with Gasteiger partial charge in [-0.15, -0.1) is 10.2 Å². The summed E-state index contributed by atoms with van der Waals surface area (Å²) in [5.41, 5.74) is 4.34. The largest absolute Gasteiger partial charge is 0.296 e. The maximum absolute atomic E-state index is 13.0. The van der Waals surface area contributed by atoms with Crippen molar-refractivity contribution in [2.75, 3.05) is 29.0 Å². The molecule has 0 saturated carbocycles. The van der Waals surface area contributed by atoms with Crippen LogP contribution >= 0.6 is 34.5 Å². The van der Waals surface area contributed by atoms with E-state index in [1.807, 2.05) is 48.5 Å². The molecule has 1 N–H and O–H groups in total. The number of hydrogen-bond acceptors (Lipinski definition) is 7. The van der Waals surface area contributed by atoms with Gasteiger partial charge in [0.25, 0.3) is 5.91 Å². The zero-order chi connectivity index (χ0) is 26.9. The zero-order valence-electron chi connectivity index (χ0n) is 20.2. The van der Waals surface area contributed by atoms with Gasteiger partial charge in [0.1, 0.15) is 5.51 Å². The van der Waals surface area contributed by atoms with E-state index in [-0.39, 0.29) is 12.1 Å². The van der Waals surface area contributed by atoms with Crippen LogP contribution in [0.3, 0.4) is 0 Å². The van der Waals surface area contributed by atoms with E-state index in [2.05, 4.69) is 20.4 Å². The van der Waals surface area contributed by atoms with Crippen LogP contribution in [0.15, 0.2) is 78.3 Å². The fourth-order valence-electron chi connectivity index (χ4n) is 4.61. The first kappa shape index (κ1) is 26.6. The lowest BCUT2D eigenvalue weighted by atomic mass is 9.93. The summed E-state index contributed by atoms with van der Waals surface area (Å²) in [6, 6.07) is 21.4. The van der Waals surface area contributed by atoms with Crippen LogP contribution in [0.4, 0.5) is 10.8 Å². The van der Waals surface area contributed by atoms with E-state index in [1.54, 1.807) is 24.3 Å². The van der Waals surface area contributed by atoms with Crippen molar-refractivity contribution in [3.8, 4) is 0 Å². The second-order valence-corrected chi connectivity index (χ2v) is 12.5. The third-order valence-electron chi connectivity index (χ3n) is 6.26. The number of likely N-dealkylation sites (tertiary alicyclic amines) is 1. The van der Waals surface area contributed by atoms with E-state index >= 15 is 0 Å². The molecular formula is C26H23Cl2N5O3S2. The van der Waals surface area contributed by atoms with Crippen molar-refractivity contribution >= 4 is 61.3 Å². The number of benzene rings is 3. The molecule has 4 aromatic rings. The Balaban J connectivity index is 1.40. The molecule has 1 aliphatic rings. The maximum atomic E-state index is 13.0. The van der Waals surface area contributed by atoms with Gasteiger partial charge in [0.05, 0.1) is 24.0 Å². The van der Waals surface area contributed by atoms with E-state index in [1.165, 1.54) is 27.4 Å². The third kappa shape index (κ3) is 5.84. The van der Waals surface area contributed by atoms with E-state index in [4.69, 9.17) is 23.2 Å². The average Bonchev–Trinajstić information content (AvgIpc) is 3.37. The Kier molecular flexibility index (Phi) is 7.69. The molecule has 0 aliphatic carbocycles. The van der Waals surface area contributed by atoms with Crippen molar-refractivity contribution in [1.82, 2.24) is 15.1 Å². The Hall–Kier alpha value is -3.02. The van der Waals surface area contributed by atoms with Gasteiger partial charge in [-0.05, 0) is 53.6 Å². The van der Waals surface area contributed by atoms with Gasteiger partial charge in [-0.2, -0.15) is 0 Å². The number of carbonyl (C=O) groups is 1. The first-order valence-corrected chi connectivity index (χ1v) is 15.1. The molecule has 1 aliphatic heterocycles. The summed E-state index contributed by atoms with van der Waals surface area (Å²) in [6.45, 7) is 0.981. The molecule has 38 heavy (non-hydrogen) atoms. The molecule has 3 aromatic carbocycles. The maximum Gasteiger partial charge on any atom is 0.257 e. The minimum absolute atomic E-state index is 0.105. The summed E-state index contributed by atoms with van der Waals surface area (Å²) < 4.78 is 27.3. The number of hydrogen-bond donors (Lipinski definition) is 1. The number of anilines is 2. The van der Waals surface area contributed by atoms with Gasteiger partial charge < -0.3 is 0 Å². The second-order valence-electron chi connectivity index (χ2n) is 8.92. The third-order valence-corrected chi connectivity index (χ3v) is 8.59. The molecule has 1 aromatic heterocycles. The fourth-order valence-corrected chi connectivity index (χ4v) is 6.47. The standard InChI is InChI=1S/C26H23Cl2N5O3S2/c1-38(35,36)33(22-4-2-3-19(13-22)25(34)30-26-31-29-16-37-26)23-14-32(15-23)24(17-5-9-20(27)10-6-17)18-7-11-21(28)12-8-18/h2-13,16,23-24H,14-15H2,1H3,(H,30,31,34). The monoisotopic (exact) mass is 587 g/mol. The van der Waals surface area contributed by atoms with Crippen molar-refractivity contribution in [2.45, 2.75) is 12.1 Å². The SMILES string of the molecule is CS(=O)(=O)N(c1cccc(C(=O)Nc2nncs2)c1)C1CN(C(c2ccc(Cl)cc2)c2ccc(Cl)cc2)C1. The number of nitrogens with zero attached hydrogens (tertiary/aromatic N) is 4. The first-order valence-electron chi connectivity index (χ1n) is 11.6. The van der Waals surface area contributed by atoms with Gasteiger partial charge in [-0.3, -0.25) is 19.3 Å². The van der Waals surface area contributed by atoms with Crippen LogP contribution in [-0.2, 0) is 10.0 Å². The molecule has 0 unspecified atom stereocenters. The van der Waals surface area contributed by atoms with Crippen molar-refractivity contribution < 1.29 is 13.2 Å². The van der Waals surface area contributed by atoms with Crippen LogP contribution in [0, 0.1) is 0 Å². The first-order chi connectivity index (χ1) is 18.2. The predicted octanol–water partition coefficient (Wildman–Crippen LogP) is 5.34. The molecule has 1 fully saturated rings.